The first kappa shape index (κ1) is 16.9. The van der Waals surface area contributed by atoms with Crippen molar-refractivity contribution in [3.05, 3.63) is 0 Å². The number of carbonyl (C=O) groups is 1. The van der Waals surface area contributed by atoms with Crippen molar-refractivity contribution < 1.29 is 34.5 Å². The van der Waals surface area contributed by atoms with Crippen molar-refractivity contribution in [1.82, 2.24) is 0 Å². The number of carboxylic acid groups (broad SMARTS) is 2. The maximum atomic E-state index is 8.33. The number of hydrogen-bond donors (Lipinski definition) is 0. The molecule has 0 N–H and O–H groups in total. The molecule has 0 heterocycles. The molecule has 0 saturated heterocycles. The van der Waals surface area contributed by atoms with Gasteiger partial charge in [-0.15, -0.1) is 0 Å². The SMILES string of the molecule is C.O=C([O-])[O-].[Zn+2]. The van der Waals surface area contributed by atoms with E-state index < -0.39 is 6.16 Å². The Morgan fingerprint density at radius 2 is 1.33 bits per heavy atom. The first-order valence-corrected chi connectivity index (χ1v) is 0.612. The maximum absolute atomic E-state index is 8.33. The third-order valence-electron chi connectivity index (χ3n) is 0. The molecule has 4 heteroatoms. The molecule has 0 spiro atoms. The number of hydrogen-bond acceptors (Lipinski definition) is 3. The summed E-state index contributed by atoms with van der Waals surface area (Å²) in [4.78, 5) is 8.33. The van der Waals surface area contributed by atoms with E-state index in [0.29, 0.717) is 0 Å². The number of rotatable bonds is 0. The Bertz CT molecular complexity index is 31.8. The van der Waals surface area contributed by atoms with Gasteiger partial charge >= 0.3 is 19.5 Å². The first-order chi connectivity index (χ1) is 1.73. The van der Waals surface area contributed by atoms with Crippen molar-refractivity contribution in [3.8, 4) is 0 Å². The Balaban J connectivity index is -0.0000000450. The van der Waals surface area contributed by atoms with E-state index >= 15 is 0 Å². The maximum Gasteiger partial charge on any atom is 2.00 e. The van der Waals surface area contributed by atoms with Crippen LogP contribution in [0.4, 0.5) is 4.79 Å². The predicted molar refractivity (Wildman–Crippen MR) is 12.1 cm³/mol. The summed E-state index contributed by atoms with van der Waals surface area (Å²) in [6, 6.07) is 0. The van der Waals surface area contributed by atoms with Gasteiger partial charge < -0.3 is 15.0 Å². The van der Waals surface area contributed by atoms with Crippen molar-refractivity contribution in [2.75, 3.05) is 0 Å². The van der Waals surface area contributed by atoms with E-state index in [2.05, 4.69) is 0 Å². The smallest absolute Gasteiger partial charge is 0.652 e. The predicted octanol–water partition coefficient (Wildman–Crippen LogP) is -1.81. The van der Waals surface area contributed by atoms with E-state index in [1.165, 1.54) is 0 Å². The largest absolute Gasteiger partial charge is 2.00 e. The van der Waals surface area contributed by atoms with Crippen LogP contribution in [0.2, 0.25) is 0 Å². The topological polar surface area (TPSA) is 63.2 Å². The third kappa shape index (κ3) is 2870. The molecule has 0 aromatic heterocycles. The van der Waals surface area contributed by atoms with Crippen LogP contribution in [0.5, 0.6) is 0 Å². The molecule has 6 heavy (non-hydrogen) atoms. The zero-order chi connectivity index (χ0) is 3.58. The van der Waals surface area contributed by atoms with Gasteiger partial charge in [0.25, 0.3) is 0 Å². The van der Waals surface area contributed by atoms with Crippen LogP contribution >= 0.6 is 0 Å². The molecule has 0 rings (SSSR count). The average molecular weight is 141 g/mol. The van der Waals surface area contributed by atoms with Crippen LogP contribution in [0.3, 0.4) is 0 Å². The van der Waals surface area contributed by atoms with Gasteiger partial charge in [0.15, 0.2) is 0 Å². The second-order valence-corrected chi connectivity index (χ2v) is 0.250. The molecule has 0 unspecified atom stereocenters. The molecule has 0 saturated carbocycles. The van der Waals surface area contributed by atoms with Gasteiger partial charge in [-0.2, -0.15) is 0 Å². The Morgan fingerprint density at radius 3 is 1.33 bits per heavy atom. The van der Waals surface area contributed by atoms with Gasteiger partial charge in [0.05, 0.1) is 0 Å². The minimum Gasteiger partial charge on any atom is -0.652 e. The van der Waals surface area contributed by atoms with Crippen LogP contribution in [0.15, 0.2) is 0 Å². The summed E-state index contributed by atoms with van der Waals surface area (Å²) >= 11 is 0. The Hall–Kier alpha value is -0.107. The Morgan fingerprint density at radius 1 is 1.33 bits per heavy atom. The summed E-state index contributed by atoms with van der Waals surface area (Å²) < 4.78 is 0. The van der Waals surface area contributed by atoms with Crippen LogP contribution in [0.1, 0.15) is 7.43 Å². The molecule has 0 aromatic rings. The molecule has 0 aliphatic heterocycles. The minimum atomic E-state index is -2.33. The van der Waals surface area contributed by atoms with E-state index in [9.17, 15) is 0 Å². The summed E-state index contributed by atoms with van der Waals surface area (Å²) in [6.45, 7) is 0. The molecule has 0 aromatic carbocycles. The molecule has 3 nitrogen and oxygen atoms in total. The summed E-state index contributed by atoms with van der Waals surface area (Å²) in [5.74, 6) is 0. The summed E-state index contributed by atoms with van der Waals surface area (Å²) in [6.07, 6.45) is -2.33. The fraction of sp³-hybridized carbons (Fsp3) is 0.500. The van der Waals surface area contributed by atoms with Crippen molar-refractivity contribution in [2.45, 2.75) is 7.43 Å². The number of carbonyl (C=O) groups excluding carboxylic acids is 1. The van der Waals surface area contributed by atoms with Gasteiger partial charge in [0, 0.05) is 0 Å². The summed E-state index contributed by atoms with van der Waals surface area (Å²) in [5.41, 5.74) is 0. The van der Waals surface area contributed by atoms with Gasteiger partial charge in [-0.1, -0.05) is 7.43 Å². The minimum absolute atomic E-state index is 0. The quantitative estimate of drug-likeness (QED) is 0.374. The van der Waals surface area contributed by atoms with Crippen LogP contribution in [0, 0.1) is 0 Å². The monoisotopic (exact) mass is 140 g/mol. The zero-order valence-corrected chi connectivity index (χ0v) is 5.40. The van der Waals surface area contributed by atoms with Crippen LogP contribution in [0.25, 0.3) is 0 Å². The Kier molecular flexibility index (Phi) is 24.9. The van der Waals surface area contributed by atoms with Crippen molar-refractivity contribution >= 4 is 6.16 Å². The van der Waals surface area contributed by atoms with Crippen LogP contribution in [-0.2, 0) is 19.5 Å². The van der Waals surface area contributed by atoms with Gasteiger partial charge in [-0.05, 0) is 6.16 Å². The summed E-state index contributed by atoms with van der Waals surface area (Å²) in [5, 5.41) is 16.7. The molecule has 0 fully saturated rings. The van der Waals surface area contributed by atoms with Crippen molar-refractivity contribution in [3.63, 3.8) is 0 Å². The van der Waals surface area contributed by atoms with Crippen LogP contribution < -0.4 is 10.2 Å². The molecule has 0 amide bonds. The first-order valence-electron chi connectivity index (χ1n) is 0.612. The average Bonchev–Trinajstić information content (AvgIpc) is 0.811. The standard InChI is InChI=1S/CH2O3.CH4.Zn/c2-1(3)4;;/h(H2,2,3,4);1H4;/q;;+2/p-2. The fourth-order valence-corrected chi connectivity index (χ4v) is 0. The summed E-state index contributed by atoms with van der Waals surface area (Å²) in [7, 11) is 0. The zero-order valence-electron chi connectivity index (χ0n) is 2.43. The van der Waals surface area contributed by atoms with Gasteiger partial charge in [-0.25, -0.2) is 0 Å². The van der Waals surface area contributed by atoms with E-state index in [1.807, 2.05) is 0 Å². The molecular formula is C2H4O3Zn. The molecule has 0 aliphatic carbocycles. The van der Waals surface area contributed by atoms with Gasteiger partial charge in [-0.3, -0.25) is 0 Å². The van der Waals surface area contributed by atoms with E-state index in [0.717, 1.165) is 0 Å². The van der Waals surface area contributed by atoms with E-state index in [-0.39, 0.29) is 26.9 Å². The molecule has 32 valence electrons. The van der Waals surface area contributed by atoms with Crippen molar-refractivity contribution in [1.29, 1.82) is 0 Å². The van der Waals surface area contributed by atoms with E-state index in [1.54, 1.807) is 0 Å². The fourth-order valence-electron chi connectivity index (χ4n) is 0. The van der Waals surface area contributed by atoms with Gasteiger partial charge in [0.2, 0.25) is 0 Å². The molecule has 0 atom stereocenters. The van der Waals surface area contributed by atoms with Gasteiger partial charge in [0.1, 0.15) is 0 Å². The Labute approximate surface area is 48.7 Å². The third-order valence-corrected chi connectivity index (χ3v) is 0. The molecule has 0 bridgehead atoms. The molecule has 0 radical (unpaired) electrons. The van der Waals surface area contributed by atoms with Crippen LogP contribution in [-0.4, -0.2) is 6.16 Å². The van der Waals surface area contributed by atoms with Crippen molar-refractivity contribution in [2.24, 2.45) is 0 Å². The normalized spacial score (nSPS) is 4.00. The second kappa shape index (κ2) is 8.86. The molecule has 0 aliphatic rings. The van der Waals surface area contributed by atoms with E-state index in [4.69, 9.17) is 15.0 Å². The second-order valence-electron chi connectivity index (χ2n) is 0.250. The molecular weight excluding hydrogens is 137 g/mol.